The van der Waals surface area contributed by atoms with Crippen LogP contribution < -0.4 is 5.73 Å². The molecule has 0 saturated carbocycles. The van der Waals surface area contributed by atoms with Crippen molar-refractivity contribution >= 4 is 49.6 Å². The second kappa shape index (κ2) is 46.1. The monoisotopic (exact) mass is 664 g/mol. The number of carboxylic acids is 1. The van der Waals surface area contributed by atoms with Gasteiger partial charge in [0.1, 0.15) is 0 Å². The number of aliphatic carboxylic acids is 1. The van der Waals surface area contributed by atoms with Crippen LogP contribution >= 0.6 is 0 Å². The van der Waals surface area contributed by atoms with Crippen molar-refractivity contribution in [3.8, 4) is 0 Å². The van der Waals surface area contributed by atoms with Gasteiger partial charge in [0.15, 0.2) is 0 Å². The van der Waals surface area contributed by atoms with Crippen molar-refractivity contribution in [1.82, 2.24) is 0 Å². The molecule has 266 valence electrons. The Bertz CT molecular complexity index is 596. The predicted octanol–water partition coefficient (Wildman–Crippen LogP) is 12.5. The summed E-state index contributed by atoms with van der Waals surface area (Å²) in [5, 5.41) is 8.52. The zero-order chi connectivity index (χ0) is 32.6. The zero-order valence-corrected chi connectivity index (χ0v) is 30.0. The van der Waals surface area contributed by atoms with E-state index in [0.717, 1.165) is 25.7 Å². The van der Waals surface area contributed by atoms with Gasteiger partial charge in [-0.25, -0.2) is 0 Å². The molecule has 0 atom stereocenters. The fraction of sp³-hybridized carbons (Fsp3) is 0.900. The van der Waals surface area contributed by atoms with E-state index >= 15 is 0 Å². The Morgan fingerprint density at radius 1 is 0.422 bits per heavy atom. The van der Waals surface area contributed by atoms with E-state index in [1.165, 1.54) is 180 Å². The van der Waals surface area contributed by atoms with Crippen molar-refractivity contribution in [2.45, 2.75) is 232 Å². The molecular weight excluding hydrogens is 583 g/mol. The number of carboxylic acid groups (broad SMARTS) is 1. The van der Waals surface area contributed by atoms with E-state index in [-0.39, 0.29) is 43.6 Å². The quantitative estimate of drug-likeness (QED) is 0.0402. The second-order valence-corrected chi connectivity index (χ2v) is 13.3. The summed E-state index contributed by atoms with van der Waals surface area (Å²) >= 11 is 0. The van der Waals surface area contributed by atoms with Gasteiger partial charge < -0.3 is 10.8 Å². The molecule has 0 spiro atoms. The number of amides is 1. The summed E-state index contributed by atoms with van der Waals surface area (Å²) < 4.78 is 0. The zero-order valence-electron chi connectivity index (χ0n) is 30.0. The third-order valence-electron chi connectivity index (χ3n) is 8.68. The molecule has 0 fully saturated rings. The van der Waals surface area contributed by atoms with E-state index in [1.807, 2.05) is 0 Å². The maximum atomic E-state index is 10.6. The van der Waals surface area contributed by atoms with Crippen LogP contribution in [0.4, 0.5) is 0 Å². The molecule has 0 heterocycles. The van der Waals surface area contributed by atoms with Gasteiger partial charge in [-0.3, -0.25) is 9.59 Å². The number of carbonyl (C=O) groups excluding carboxylic acids is 1. The van der Waals surface area contributed by atoms with Crippen molar-refractivity contribution < 1.29 is 14.7 Å². The molecule has 0 saturated heterocycles. The second-order valence-electron chi connectivity index (χ2n) is 13.3. The number of carbonyl (C=O) groups is 2. The predicted molar refractivity (Wildman–Crippen MR) is 203 cm³/mol. The van der Waals surface area contributed by atoms with Crippen LogP contribution in [0.5, 0.6) is 0 Å². The number of unbranched alkanes of at least 4 members (excludes halogenated alkanes) is 29. The summed E-state index contributed by atoms with van der Waals surface area (Å²) in [4.78, 5) is 20.9. The first-order chi connectivity index (χ1) is 21.5. The van der Waals surface area contributed by atoms with Crippen LogP contribution in [-0.2, 0) is 9.59 Å². The van der Waals surface area contributed by atoms with E-state index in [4.69, 9.17) is 10.8 Å². The number of primary amides is 1. The Balaban J connectivity index is -0.000000779. The van der Waals surface area contributed by atoms with Gasteiger partial charge in [-0.05, 0) is 38.5 Å². The molecule has 45 heavy (non-hydrogen) atoms. The van der Waals surface area contributed by atoms with Gasteiger partial charge in [-0.1, -0.05) is 193 Å². The van der Waals surface area contributed by atoms with Gasteiger partial charge >= 0.3 is 43.7 Å². The first-order valence-electron chi connectivity index (χ1n) is 19.7. The van der Waals surface area contributed by atoms with E-state index in [0.29, 0.717) is 12.8 Å². The fourth-order valence-corrected chi connectivity index (χ4v) is 5.72. The summed E-state index contributed by atoms with van der Waals surface area (Å²) in [6, 6.07) is 0. The molecule has 0 unspecified atom stereocenters. The molecule has 0 bridgehead atoms. The molecule has 0 radical (unpaired) electrons. The van der Waals surface area contributed by atoms with Gasteiger partial charge in [0.25, 0.3) is 0 Å². The first kappa shape index (κ1) is 49.3. The molecule has 0 rings (SSSR count). The van der Waals surface area contributed by atoms with Gasteiger partial charge in [-0.2, -0.15) is 0 Å². The number of allylic oxidation sites excluding steroid dienone is 2. The van der Waals surface area contributed by atoms with Crippen LogP contribution in [0.15, 0.2) is 12.2 Å². The first-order valence-corrected chi connectivity index (χ1v) is 19.7. The molecule has 3 N–H and O–H groups in total. The van der Waals surface area contributed by atoms with Crippen molar-refractivity contribution in [3.05, 3.63) is 12.2 Å². The Kier molecular flexibility index (Phi) is 50.5. The van der Waals surface area contributed by atoms with Gasteiger partial charge in [0.05, 0.1) is 0 Å². The number of hydrogen-bond acceptors (Lipinski definition) is 2. The molecular formula is C40H81CaNO3. The van der Waals surface area contributed by atoms with Crippen molar-refractivity contribution in [3.63, 3.8) is 0 Å². The van der Waals surface area contributed by atoms with E-state index in [1.54, 1.807) is 0 Å². The summed E-state index contributed by atoms with van der Waals surface area (Å²) in [6.45, 7) is 4.55. The normalized spacial score (nSPS) is 10.9. The molecule has 0 aromatic carbocycles. The minimum absolute atomic E-state index is 0. The van der Waals surface area contributed by atoms with Gasteiger partial charge in [-0.15, -0.1) is 0 Å². The van der Waals surface area contributed by atoms with Crippen LogP contribution in [0, 0.1) is 0 Å². The Hall–Kier alpha value is -0.0603. The standard InChI is InChI=1S/C22H43NO.C18H36O2.Ca.2H/c1-2-3-4-5-6-7-8-9-10-11-12-13-14-15-16-17-18-19-20-21-22(23)24;1-2-3-4-5-6-7-8-9-10-11-12-13-14-15-16-17-18(19)20;;;/h9-10H,2-8,11-21H2,1H3,(H2,23,24);2-17H2,1H3,(H,19,20);;;. The third kappa shape index (κ3) is 53.7. The maximum absolute atomic E-state index is 10.6. The molecule has 0 aromatic heterocycles. The van der Waals surface area contributed by atoms with Gasteiger partial charge in [0.2, 0.25) is 5.91 Å². The number of hydrogen-bond donors (Lipinski definition) is 2. The average molecular weight is 664 g/mol. The van der Waals surface area contributed by atoms with Crippen LogP contribution in [-0.4, -0.2) is 54.7 Å². The summed E-state index contributed by atoms with van der Waals surface area (Å²) in [6.07, 6.45) is 48.0. The topological polar surface area (TPSA) is 80.4 Å². The third-order valence-corrected chi connectivity index (χ3v) is 8.68. The molecule has 4 nitrogen and oxygen atoms in total. The molecule has 0 aromatic rings. The van der Waals surface area contributed by atoms with Crippen LogP contribution in [0.3, 0.4) is 0 Å². The molecule has 0 aliphatic rings. The minimum atomic E-state index is -0.653. The summed E-state index contributed by atoms with van der Waals surface area (Å²) in [5.74, 6) is -0.810. The Morgan fingerprint density at radius 3 is 0.933 bits per heavy atom. The number of nitrogens with two attached hydrogens (primary N) is 1. The van der Waals surface area contributed by atoms with Crippen molar-refractivity contribution in [2.75, 3.05) is 0 Å². The molecule has 0 aliphatic carbocycles. The molecule has 1 amide bonds. The van der Waals surface area contributed by atoms with E-state index in [9.17, 15) is 9.59 Å². The van der Waals surface area contributed by atoms with Crippen molar-refractivity contribution in [1.29, 1.82) is 0 Å². The Labute approximate surface area is 312 Å². The van der Waals surface area contributed by atoms with Gasteiger partial charge in [0, 0.05) is 12.8 Å². The molecule has 5 heteroatoms. The van der Waals surface area contributed by atoms with E-state index in [2.05, 4.69) is 26.0 Å². The molecule has 0 aliphatic heterocycles. The number of rotatable bonds is 35. The van der Waals surface area contributed by atoms with Crippen molar-refractivity contribution in [2.24, 2.45) is 5.73 Å². The van der Waals surface area contributed by atoms with Crippen LogP contribution in [0.1, 0.15) is 232 Å². The van der Waals surface area contributed by atoms with Crippen LogP contribution in [0.25, 0.3) is 0 Å². The summed E-state index contributed by atoms with van der Waals surface area (Å²) in [5.41, 5.74) is 5.13. The summed E-state index contributed by atoms with van der Waals surface area (Å²) in [7, 11) is 0. The fourth-order valence-electron chi connectivity index (χ4n) is 5.72. The van der Waals surface area contributed by atoms with E-state index < -0.39 is 5.97 Å². The average Bonchev–Trinajstić information content (AvgIpc) is 3.00. The Morgan fingerprint density at radius 2 is 0.667 bits per heavy atom. The van der Waals surface area contributed by atoms with Crippen LogP contribution in [0.2, 0.25) is 0 Å². The SMILES string of the molecule is CCCCCCCCC=CCCCCCCCCCCCC(N)=O.CCCCCCCCCCCCCCCCCC(=O)O.[CaH2].